The van der Waals surface area contributed by atoms with Gasteiger partial charge in [0.25, 0.3) is 0 Å². The summed E-state index contributed by atoms with van der Waals surface area (Å²) in [5.41, 5.74) is 2.44. The second kappa shape index (κ2) is 3.79. The van der Waals surface area contributed by atoms with E-state index in [0.29, 0.717) is 0 Å². The molecule has 13 heavy (non-hydrogen) atoms. The van der Waals surface area contributed by atoms with Crippen LogP contribution in [0, 0.1) is 0 Å². The maximum atomic E-state index is 3.36. The second-order valence-electron chi connectivity index (χ2n) is 2.85. The second-order valence-corrected chi connectivity index (χ2v) is 3.49. The summed E-state index contributed by atoms with van der Waals surface area (Å²) < 4.78 is 0. The van der Waals surface area contributed by atoms with Crippen LogP contribution in [0.4, 0.5) is 0 Å². The van der Waals surface area contributed by atoms with Crippen molar-refractivity contribution >= 4 is 32.9 Å². The van der Waals surface area contributed by atoms with Crippen molar-refractivity contribution in [2.24, 2.45) is 0 Å². The molecular formula is C11H10BrN. The van der Waals surface area contributed by atoms with Crippen LogP contribution in [0.1, 0.15) is 5.56 Å². The lowest BCUT2D eigenvalue weighted by molar-refractivity contribution is 1.47. The molecule has 0 spiro atoms. The van der Waals surface area contributed by atoms with E-state index in [1.54, 1.807) is 0 Å². The molecule has 0 fully saturated rings. The Morgan fingerprint density at radius 3 is 3.00 bits per heavy atom. The van der Waals surface area contributed by atoms with Gasteiger partial charge in [0.15, 0.2) is 0 Å². The van der Waals surface area contributed by atoms with E-state index < -0.39 is 0 Å². The highest BCUT2D eigenvalue weighted by Gasteiger charge is 1.97. The van der Waals surface area contributed by atoms with Crippen LogP contribution in [0.5, 0.6) is 0 Å². The van der Waals surface area contributed by atoms with Crippen LogP contribution >= 0.6 is 15.9 Å². The van der Waals surface area contributed by atoms with E-state index in [0.717, 1.165) is 5.33 Å². The lowest BCUT2D eigenvalue weighted by atomic mass is 10.2. The van der Waals surface area contributed by atoms with Gasteiger partial charge in [-0.1, -0.05) is 46.3 Å². The number of hydrogen-bond acceptors (Lipinski definition) is 0. The number of rotatable bonds is 2. The number of hydrogen-bond donors (Lipinski definition) is 1. The van der Waals surface area contributed by atoms with Crippen molar-refractivity contribution in [1.82, 2.24) is 4.98 Å². The van der Waals surface area contributed by atoms with Crippen molar-refractivity contribution in [3.05, 3.63) is 42.1 Å². The molecule has 0 aliphatic heterocycles. The topological polar surface area (TPSA) is 15.8 Å². The number of H-pyrrole nitrogens is 1. The first-order chi connectivity index (χ1) is 6.42. The molecule has 1 N–H and O–H groups in total. The third-order valence-electron chi connectivity index (χ3n) is 2.01. The molecule has 2 heteroatoms. The molecule has 1 heterocycles. The van der Waals surface area contributed by atoms with Crippen molar-refractivity contribution in [2.45, 2.75) is 0 Å². The van der Waals surface area contributed by atoms with Gasteiger partial charge in [-0.15, -0.1) is 0 Å². The number of para-hydroxylation sites is 1. The minimum Gasteiger partial charge on any atom is -0.361 e. The lowest BCUT2D eigenvalue weighted by Crippen LogP contribution is -1.67. The Morgan fingerprint density at radius 2 is 2.15 bits per heavy atom. The van der Waals surface area contributed by atoms with Gasteiger partial charge in [0.05, 0.1) is 0 Å². The molecule has 0 saturated carbocycles. The normalized spacial score (nSPS) is 11.5. The Bertz CT molecular complexity index is 428. The summed E-state index contributed by atoms with van der Waals surface area (Å²) in [6.07, 6.45) is 6.24. The number of nitrogens with one attached hydrogen (secondary N) is 1. The Kier molecular flexibility index (Phi) is 2.50. The summed E-state index contributed by atoms with van der Waals surface area (Å²) in [5.74, 6) is 0. The summed E-state index contributed by atoms with van der Waals surface area (Å²) in [5, 5.41) is 2.17. The molecule has 0 unspecified atom stereocenters. The third-order valence-corrected chi connectivity index (χ3v) is 2.38. The summed E-state index contributed by atoms with van der Waals surface area (Å²) in [6, 6.07) is 8.30. The van der Waals surface area contributed by atoms with E-state index in [2.05, 4.69) is 51.3 Å². The van der Waals surface area contributed by atoms with Crippen LogP contribution < -0.4 is 0 Å². The first-order valence-electron chi connectivity index (χ1n) is 4.20. The highest BCUT2D eigenvalue weighted by atomic mass is 79.9. The van der Waals surface area contributed by atoms with Crippen molar-refractivity contribution in [3.63, 3.8) is 0 Å². The van der Waals surface area contributed by atoms with E-state index in [9.17, 15) is 0 Å². The first-order valence-corrected chi connectivity index (χ1v) is 5.32. The van der Waals surface area contributed by atoms with Crippen LogP contribution in [0.15, 0.2) is 36.5 Å². The van der Waals surface area contributed by atoms with Crippen molar-refractivity contribution in [2.75, 3.05) is 5.33 Å². The zero-order chi connectivity index (χ0) is 9.10. The number of aromatic amines is 1. The molecule has 0 aliphatic carbocycles. The highest BCUT2D eigenvalue weighted by molar-refractivity contribution is 9.09. The van der Waals surface area contributed by atoms with Crippen LogP contribution in [-0.4, -0.2) is 10.3 Å². The number of aromatic nitrogens is 1. The fraction of sp³-hybridized carbons (Fsp3) is 0.0909. The molecule has 0 amide bonds. The monoisotopic (exact) mass is 235 g/mol. The van der Waals surface area contributed by atoms with Crippen molar-refractivity contribution in [3.8, 4) is 0 Å². The van der Waals surface area contributed by atoms with E-state index in [4.69, 9.17) is 0 Å². The summed E-state index contributed by atoms with van der Waals surface area (Å²) in [6.45, 7) is 0. The molecule has 0 aliphatic rings. The molecule has 66 valence electrons. The van der Waals surface area contributed by atoms with Gasteiger partial charge in [0.2, 0.25) is 0 Å². The van der Waals surface area contributed by atoms with E-state index in [1.165, 1.54) is 16.5 Å². The maximum absolute atomic E-state index is 3.36. The molecule has 1 aromatic heterocycles. The van der Waals surface area contributed by atoms with Gasteiger partial charge in [-0.3, -0.25) is 0 Å². The molecule has 2 rings (SSSR count). The Morgan fingerprint density at radius 1 is 1.31 bits per heavy atom. The predicted octanol–water partition coefficient (Wildman–Crippen LogP) is 3.58. The van der Waals surface area contributed by atoms with E-state index in [-0.39, 0.29) is 0 Å². The summed E-state index contributed by atoms with van der Waals surface area (Å²) >= 11 is 3.36. The standard InChI is InChI=1S/C11H10BrN/c12-7-3-4-9-8-13-11-6-2-1-5-10(9)11/h1-6,8,13H,7H2. The van der Waals surface area contributed by atoms with Gasteiger partial charge in [-0.2, -0.15) is 0 Å². The van der Waals surface area contributed by atoms with Gasteiger partial charge in [-0.25, -0.2) is 0 Å². The number of fused-ring (bicyclic) bond motifs is 1. The summed E-state index contributed by atoms with van der Waals surface area (Å²) in [4.78, 5) is 3.23. The van der Waals surface area contributed by atoms with Gasteiger partial charge in [0.1, 0.15) is 0 Å². The largest absolute Gasteiger partial charge is 0.361 e. The summed E-state index contributed by atoms with van der Waals surface area (Å²) in [7, 11) is 0. The van der Waals surface area contributed by atoms with Gasteiger partial charge < -0.3 is 4.98 Å². The van der Waals surface area contributed by atoms with Crippen LogP contribution in [-0.2, 0) is 0 Å². The van der Waals surface area contributed by atoms with Gasteiger partial charge in [0, 0.05) is 22.4 Å². The average molecular weight is 236 g/mol. The van der Waals surface area contributed by atoms with E-state index >= 15 is 0 Å². The Labute approximate surface area is 85.6 Å². The minimum atomic E-state index is 0.895. The molecule has 1 nitrogen and oxygen atoms in total. The van der Waals surface area contributed by atoms with Crippen LogP contribution in [0.25, 0.3) is 17.0 Å². The minimum absolute atomic E-state index is 0.895. The number of alkyl halides is 1. The Balaban J connectivity index is 2.52. The van der Waals surface area contributed by atoms with E-state index in [1.807, 2.05) is 12.3 Å². The zero-order valence-electron chi connectivity index (χ0n) is 7.13. The van der Waals surface area contributed by atoms with Crippen LogP contribution in [0.2, 0.25) is 0 Å². The SMILES string of the molecule is BrCC=Cc1c[nH]c2ccccc12. The van der Waals surface area contributed by atoms with Crippen molar-refractivity contribution in [1.29, 1.82) is 0 Å². The quantitative estimate of drug-likeness (QED) is 0.767. The lowest BCUT2D eigenvalue weighted by Gasteiger charge is -1.89. The molecular weight excluding hydrogens is 226 g/mol. The molecule has 0 saturated heterocycles. The molecule has 0 radical (unpaired) electrons. The fourth-order valence-electron chi connectivity index (χ4n) is 1.40. The van der Waals surface area contributed by atoms with Crippen LogP contribution in [0.3, 0.4) is 0 Å². The Hall–Kier alpha value is -1.02. The number of halogens is 1. The third kappa shape index (κ3) is 1.68. The van der Waals surface area contributed by atoms with Gasteiger partial charge >= 0.3 is 0 Å². The number of benzene rings is 1. The predicted molar refractivity (Wildman–Crippen MR) is 61.1 cm³/mol. The molecule has 1 aromatic carbocycles. The highest BCUT2D eigenvalue weighted by Crippen LogP contribution is 2.18. The zero-order valence-corrected chi connectivity index (χ0v) is 8.71. The fourth-order valence-corrected chi connectivity index (χ4v) is 1.59. The smallest absolute Gasteiger partial charge is 0.0460 e. The van der Waals surface area contributed by atoms with Crippen molar-refractivity contribution < 1.29 is 0 Å². The van der Waals surface area contributed by atoms with Gasteiger partial charge in [-0.05, 0) is 11.6 Å². The number of allylic oxidation sites excluding steroid dienone is 1. The molecule has 2 aromatic rings. The average Bonchev–Trinajstić information content (AvgIpc) is 2.58. The molecule has 0 atom stereocenters. The first kappa shape index (κ1) is 8.57. The maximum Gasteiger partial charge on any atom is 0.0460 e. The molecule has 0 bridgehead atoms.